The van der Waals surface area contributed by atoms with Gasteiger partial charge >= 0.3 is 0 Å². The lowest BCUT2D eigenvalue weighted by Gasteiger charge is -2.12. The van der Waals surface area contributed by atoms with Crippen LogP contribution < -0.4 is 4.74 Å². The van der Waals surface area contributed by atoms with E-state index in [4.69, 9.17) is 4.74 Å². The molecule has 0 bridgehead atoms. The Bertz CT molecular complexity index is 700. The van der Waals surface area contributed by atoms with Crippen LogP contribution in [0.3, 0.4) is 0 Å². The molecule has 0 unspecified atom stereocenters. The van der Waals surface area contributed by atoms with Gasteiger partial charge in [0.15, 0.2) is 5.76 Å². The van der Waals surface area contributed by atoms with Gasteiger partial charge in [-0.3, -0.25) is 4.79 Å². The summed E-state index contributed by atoms with van der Waals surface area (Å²) in [6.45, 7) is 0. The number of carbonyl (C=O) groups is 1. The number of pyridine rings is 1. The van der Waals surface area contributed by atoms with E-state index >= 15 is 0 Å². The Morgan fingerprint density at radius 2 is 1.91 bits per heavy atom. The maximum Gasteiger partial charge on any atom is 0.229 e. The molecule has 0 spiro atoms. The molecule has 1 aromatic carbocycles. The molecule has 0 aliphatic carbocycles. The molecule has 0 N–H and O–H groups in total. The molecule has 0 atom stereocenters. The molecule has 1 aromatic heterocycles. The van der Waals surface area contributed by atoms with E-state index in [1.165, 1.54) is 24.3 Å². The average molecular weight is 365 g/mol. The van der Waals surface area contributed by atoms with Crippen LogP contribution in [-0.2, 0) is 0 Å². The lowest BCUT2D eigenvalue weighted by Crippen LogP contribution is -2.15. The summed E-state index contributed by atoms with van der Waals surface area (Å²) in [5.41, 5.74) is 0.337. The molecule has 0 saturated carbocycles. The standard InChI is InChI=1S/C16H14BrFN2O2/c1-20(2)10-13(22-15-5-3-4-14(17)19-15)16(21)11-6-8-12(18)9-7-11/h3-10H,1-2H3. The molecule has 4 nitrogen and oxygen atoms in total. The Labute approximate surface area is 136 Å². The molecule has 0 aliphatic heterocycles. The van der Waals surface area contributed by atoms with Gasteiger partial charge in [0, 0.05) is 31.9 Å². The molecule has 1 heterocycles. The van der Waals surface area contributed by atoms with Crippen LogP contribution >= 0.6 is 15.9 Å². The number of aromatic nitrogens is 1. The zero-order chi connectivity index (χ0) is 16.1. The minimum atomic E-state index is -0.399. The van der Waals surface area contributed by atoms with Crippen LogP contribution in [-0.4, -0.2) is 29.8 Å². The molecule has 6 heteroatoms. The van der Waals surface area contributed by atoms with Crippen LogP contribution in [0.1, 0.15) is 10.4 Å². The first-order valence-electron chi connectivity index (χ1n) is 6.44. The molecular formula is C16H14BrFN2O2. The van der Waals surface area contributed by atoms with Gasteiger partial charge in [-0.05, 0) is 46.3 Å². The molecule has 0 fully saturated rings. The van der Waals surface area contributed by atoms with Gasteiger partial charge in [0.25, 0.3) is 0 Å². The van der Waals surface area contributed by atoms with Crippen molar-refractivity contribution in [2.45, 2.75) is 0 Å². The number of ketones is 1. The molecular weight excluding hydrogens is 351 g/mol. The van der Waals surface area contributed by atoms with E-state index in [0.29, 0.717) is 10.2 Å². The summed E-state index contributed by atoms with van der Waals surface area (Å²) in [5.74, 6) is -0.361. The number of hydrogen-bond acceptors (Lipinski definition) is 4. The van der Waals surface area contributed by atoms with Crippen LogP contribution in [0, 0.1) is 5.82 Å². The first kappa shape index (κ1) is 16.2. The zero-order valence-corrected chi connectivity index (χ0v) is 13.7. The highest BCUT2D eigenvalue weighted by Gasteiger charge is 2.16. The quantitative estimate of drug-likeness (QED) is 0.351. The van der Waals surface area contributed by atoms with Gasteiger partial charge in [-0.2, -0.15) is 0 Å². The largest absolute Gasteiger partial charge is 0.433 e. The molecule has 0 aliphatic rings. The lowest BCUT2D eigenvalue weighted by atomic mass is 10.1. The van der Waals surface area contributed by atoms with E-state index < -0.39 is 5.82 Å². The highest BCUT2D eigenvalue weighted by molar-refractivity contribution is 9.10. The number of hydrogen-bond donors (Lipinski definition) is 0. The van der Waals surface area contributed by atoms with Gasteiger partial charge in [0.2, 0.25) is 11.7 Å². The molecule has 2 rings (SSSR count). The van der Waals surface area contributed by atoms with Gasteiger partial charge < -0.3 is 9.64 Å². The topological polar surface area (TPSA) is 42.4 Å². The Hall–Kier alpha value is -2.21. The summed E-state index contributed by atoms with van der Waals surface area (Å²) in [4.78, 5) is 18.3. The minimum absolute atomic E-state index is 0.0993. The smallest absolute Gasteiger partial charge is 0.229 e. The molecule has 0 radical (unpaired) electrons. The third-order valence-corrected chi connectivity index (χ3v) is 3.05. The zero-order valence-electron chi connectivity index (χ0n) is 12.1. The van der Waals surface area contributed by atoms with Crippen molar-refractivity contribution in [3.8, 4) is 5.88 Å². The Balaban J connectivity index is 2.30. The third kappa shape index (κ3) is 4.39. The minimum Gasteiger partial charge on any atom is -0.433 e. The Kier molecular flexibility index (Phi) is 5.27. The summed E-state index contributed by atoms with van der Waals surface area (Å²) in [6, 6.07) is 10.5. The van der Waals surface area contributed by atoms with Crippen LogP contribution in [0.25, 0.3) is 0 Å². The van der Waals surface area contributed by atoms with E-state index in [2.05, 4.69) is 20.9 Å². The molecule has 2 aromatic rings. The highest BCUT2D eigenvalue weighted by atomic mass is 79.9. The van der Waals surface area contributed by atoms with Crippen molar-refractivity contribution >= 4 is 21.7 Å². The van der Waals surface area contributed by atoms with E-state index in [1.54, 1.807) is 43.4 Å². The molecule has 0 saturated heterocycles. The fraction of sp³-hybridized carbons (Fsp3) is 0.125. The van der Waals surface area contributed by atoms with Gasteiger partial charge in [-0.25, -0.2) is 9.37 Å². The van der Waals surface area contributed by atoms with Crippen molar-refractivity contribution in [2.75, 3.05) is 14.1 Å². The second-order valence-corrected chi connectivity index (χ2v) is 5.51. The van der Waals surface area contributed by atoms with Crippen molar-refractivity contribution in [3.05, 3.63) is 70.4 Å². The van der Waals surface area contributed by atoms with Crippen LogP contribution in [0.4, 0.5) is 4.39 Å². The fourth-order valence-corrected chi connectivity index (χ4v) is 2.00. The second kappa shape index (κ2) is 7.17. The summed E-state index contributed by atoms with van der Waals surface area (Å²) >= 11 is 3.25. The Morgan fingerprint density at radius 3 is 2.50 bits per heavy atom. The number of ether oxygens (including phenoxy) is 1. The summed E-state index contributed by atoms with van der Waals surface area (Å²) < 4.78 is 19.2. The fourth-order valence-electron chi connectivity index (χ4n) is 1.67. The maximum absolute atomic E-state index is 13.0. The molecule has 114 valence electrons. The average Bonchev–Trinajstić information content (AvgIpc) is 2.46. The van der Waals surface area contributed by atoms with E-state index in [0.717, 1.165) is 0 Å². The number of rotatable bonds is 5. The van der Waals surface area contributed by atoms with Gasteiger partial charge in [0.1, 0.15) is 10.4 Å². The van der Waals surface area contributed by atoms with Crippen molar-refractivity contribution < 1.29 is 13.9 Å². The number of Topliss-reactive ketones (excluding diaryl/α,β-unsaturated/α-hetero) is 1. The molecule has 0 amide bonds. The first-order chi connectivity index (χ1) is 10.5. The van der Waals surface area contributed by atoms with E-state index in [1.807, 2.05) is 0 Å². The van der Waals surface area contributed by atoms with Crippen LogP contribution in [0.15, 0.2) is 59.0 Å². The second-order valence-electron chi connectivity index (χ2n) is 4.69. The van der Waals surface area contributed by atoms with Crippen molar-refractivity contribution in [1.29, 1.82) is 0 Å². The summed E-state index contributed by atoms with van der Waals surface area (Å²) in [7, 11) is 3.55. The highest BCUT2D eigenvalue weighted by Crippen LogP contribution is 2.18. The van der Waals surface area contributed by atoms with Crippen molar-refractivity contribution in [2.24, 2.45) is 0 Å². The monoisotopic (exact) mass is 364 g/mol. The van der Waals surface area contributed by atoms with Gasteiger partial charge in [-0.15, -0.1) is 0 Å². The number of carbonyl (C=O) groups excluding carboxylic acids is 1. The predicted molar refractivity (Wildman–Crippen MR) is 85.1 cm³/mol. The Morgan fingerprint density at radius 1 is 1.23 bits per heavy atom. The van der Waals surface area contributed by atoms with E-state index in [9.17, 15) is 9.18 Å². The number of nitrogens with zero attached hydrogens (tertiary/aromatic N) is 2. The lowest BCUT2D eigenvalue weighted by molar-refractivity contribution is 0.0980. The van der Waals surface area contributed by atoms with Crippen molar-refractivity contribution in [3.63, 3.8) is 0 Å². The maximum atomic E-state index is 13.0. The number of halogens is 2. The van der Waals surface area contributed by atoms with Crippen molar-refractivity contribution in [1.82, 2.24) is 9.88 Å². The molecule has 22 heavy (non-hydrogen) atoms. The summed E-state index contributed by atoms with van der Waals surface area (Å²) in [6.07, 6.45) is 1.55. The number of benzene rings is 1. The van der Waals surface area contributed by atoms with Gasteiger partial charge in [-0.1, -0.05) is 6.07 Å². The van der Waals surface area contributed by atoms with Crippen LogP contribution in [0.2, 0.25) is 0 Å². The normalized spacial score (nSPS) is 11.2. The van der Waals surface area contributed by atoms with Gasteiger partial charge in [0.05, 0.1) is 0 Å². The van der Waals surface area contributed by atoms with Crippen LogP contribution in [0.5, 0.6) is 5.88 Å². The summed E-state index contributed by atoms with van der Waals surface area (Å²) in [5, 5.41) is 0. The third-order valence-electron chi connectivity index (χ3n) is 2.61. The number of allylic oxidation sites excluding steroid dienone is 1. The SMILES string of the molecule is CN(C)C=C(Oc1cccc(Br)n1)C(=O)c1ccc(F)cc1. The first-order valence-corrected chi connectivity index (χ1v) is 7.24. The predicted octanol–water partition coefficient (Wildman–Crippen LogP) is 3.65. The van der Waals surface area contributed by atoms with E-state index in [-0.39, 0.29) is 17.4 Å².